The summed E-state index contributed by atoms with van der Waals surface area (Å²) in [5, 5.41) is 7.22. The van der Waals surface area contributed by atoms with Crippen molar-refractivity contribution in [1.82, 2.24) is 20.0 Å². The number of amides is 1. The highest BCUT2D eigenvalue weighted by Crippen LogP contribution is 2.18. The van der Waals surface area contributed by atoms with Gasteiger partial charge in [-0.2, -0.15) is 5.10 Å². The zero-order valence-electron chi connectivity index (χ0n) is 16.4. The van der Waals surface area contributed by atoms with Crippen LogP contribution in [0, 0.1) is 19.8 Å². The summed E-state index contributed by atoms with van der Waals surface area (Å²) in [5.74, 6) is -0.760. The van der Waals surface area contributed by atoms with Crippen molar-refractivity contribution in [2.45, 2.75) is 33.7 Å². The number of carbonyl (C=O) groups is 2. The molecule has 2 rings (SSSR count). The van der Waals surface area contributed by atoms with Crippen LogP contribution in [0.5, 0.6) is 0 Å². The lowest BCUT2D eigenvalue weighted by atomic mass is 10.0. The first kappa shape index (κ1) is 19.8. The molecule has 0 aliphatic carbocycles. The Morgan fingerprint density at radius 3 is 2.31 bits per heavy atom. The topological polar surface area (TPSA) is 67.2 Å². The number of rotatable bonds is 7. The van der Waals surface area contributed by atoms with E-state index >= 15 is 0 Å². The normalized spacial score (nSPS) is 12.5. The molecule has 1 N–H and O–H groups in total. The predicted octanol–water partition coefficient (Wildman–Crippen LogP) is 2.37. The molecular weight excluding hydrogens is 328 g/mol. The molecular formula is C20H28N4O2. The molecule has 0 spiro atoms. The minimum absolute atomic E-state index is 0.168. The molecule has 0 saturated carbocycles. The van der Waals surface area contributed by atoms with Crippen molar-refractivity contribution in [2.24, 2.45) is 5.92 Å². The Kier molecular flexibility index (Phi) is 6.32. The number of hydrogen-bond donors (Lipinski definition) is 1. The molecule has 0 unspecified atom stereocenters. The van der Waals surface area contributed by atoms with Gasteiger partial charge in [-0.1, -0.05) is 32.0 Å². The maximum atomic E-state index is 12.7. The molecule has 2 aromatic rings. The molecule has 0 saturated heterocycles. The van der Waals surface area contributed by atoms with Crippen molar-refractivity contribution >= 4 is 11.7 Å². The fraction of sp³-hybridized carbons (Fsp3) is 0.450. The summed E-state index contributed by atoms with van der Waals surface area (Å²) in [6, 6.07) is 9.74. The Morgan fingerprint density at radius 2 is 1.77 bits per heavy atom. The van der Waals surface area contributed by atoms with Crippen molar-refractivity contribution in [3.05, 3.63) is 47.3 Å². The fourth-order valence-corrected chi connectivity index (χ4v) is 3.20. The van der Waals surface area contributed by atoms with Crippen LogP contribution in [0.15, 0.2) is 30.3 Å². The van der Waals surface area contributed by atoms with E-state index < -0.39 is 11.7 Å². The van der Waals surface area contributed by atoms with Gasteiger partial charge in [0.25, 0.3) is 11.7 Å². The second-order valence-electron chi connectivity index (χ2n) is 7.11. The van der Waals surface area contributed by atoms with Gasteiger partial charge in [-0.05, 0) is 46.0 Å². The van der Waals surface area contributed by atoms with Crippen molar-refractivity contribution < 1.29 is 9.59 Å². The van der Waals surface area contributed by atoms with Crippen LogP contribution in [0.1, 0.15) is 35.6 Å². The number of aryl methyl sites for hydroxylation is 1. The maximum Gasteiger partial charge on any atom is 0.292 e. The molecule has 26 heavy (non-hydrogen) atoms. The zero-order valence-corrected chi connectivity index (χ0v) is 16.4. The highest BCUT2D eigenvalue weighted by molar-refractivity contribution is 6.43. The Balaban J connectivity index is 2.19. The van der Waals surface area contributed by atoms with E-state index in [1.165, 1.54) is 0 Å². The van der Waals surface area contributed by atoms with Gasteiger partial charge in [0.2, 0.25) is 0 Å². The average Bonchev–Trinajstić information content (AvgIpc) is 2.89. The lowest BCUT2D eigenvalue weighted by Gasteiger charge is -2.27. The molecule has 6 heteroatoms. The van der Waals surface area contributed by atoms with Gasteiger partial charge in [-0.25, -0.2) is 4.68 Å². The number of carbonyl (C=O) groups excluding carboxylic acids is 2. The zero-order chi connectivity index (χ0) is 19.4. The number of likely N-dealkylation sites (N-methyl/N-ethyl adjacent to an activating group) is 1. The quantitative estimate of drug-likeness (QED) is 0.611. The summed E-state index contributed by atoms with van der Waals surface area (Å²) in [4.78, 5) is 27.2. The SMILES string of the molecule is Cc1nn(-c2ccccc2)c(C)c1C(=O)C(=O)NC[C@H](C(C)C)N(C)C. The van der Waals surface area contributed by atoms with Gasteiger partial charge in [0.1, 0.15) is 0 Å². The van der Waals surface area contributed by atoms with Crippen LogP contribution in [0.3, 0.4) is 0 Å². The van der Waals surface area contributed by atoms with E-state index in [2.05, 4.69) is 29.2 Å². The Morgan fingerprint density at radius 1 is 1.15 bits per heavy atom. The molecule has 0 bridgehead atoms. The van der Waals surface area contributed by atoms with E-state index in [4.69, 9.17) is 0 Å². The minimum Gasteiger partial charge on any atom is -0.348 e. The van der Waals surface area contributed by atoms with E-state index in [9.17, 15) is 9.59 Å². The molecule has 1 amide bonds. The van der Waals surface area contributed by atoms with Crippen LogP contribution in [0.25, 0.3) is 5.69 Å². The molecule has 0 radical (unpaired) electrons. The van der Waals surface area contributed by atoms with Crippen LogP contribution in [0.4, 0.5) is 0 Å². The van der Waals surface area contributed by atoms with Crippen LogP contribution in [0.2, 0.25) is 0 Å². The molecule has 0 aliphatic heterocycles. The number of nitrogens with one attached hydrogen (secondary N) is 1. The largest absolute Gasteiger partial charge is 0.348 e. The average molecular weight is 356 g/mol. The Hall–Kier alpha value is -2.47. The van der Waals surface area contributed by atoms with E-state index in [1.807, 2.05) is 51.4 Å². The fourth-order valence-electron chi connectivity index (χ4n) is 3.20. The first-order valence-corrected chi connectivity index (χ1v) is 8.84. The lowest BCUT2D eigenvalue weighted by molar-refractivity contribution is -0.117. The van der Waals surface area contributed by atoms with E-state index in [0.717, 1.165) is 5.69 Å². The summed E-state index contributed by atoms with van der Waals surface area (Å²) < 4.78 is 1.70. The molecule has 0 aliphatic rings. The third-order valence-corrected chi connectivity index (χ3v) is 4.63. The van der Waals surface area contributed by atoms with Gasteiger partial charge in [-0.15, -0.1) is 0 Å². The van der Waals surface area contributed by atoms with E-state index in [-0.39, 0.29) is 6.04 Å². The smallest absolute Gasteiger partial charge is 0.292 e. The Bertz CT molecular complexity index is 771. The maximum absolute atomic E-state index is 12.7. The molecule has 140 valence electrons. The second kappa shape index (κ2) is 8.27. The van der Waals surface area contributed by atoms with Gasteiger partial charge in [0.05, 0.1) is 22.6 Å². The van der Waals surface area contributed by atoms with Crippen LogP contribution >= 0.6 is 0 Å². The third-order valence-electron chi connectivity index (χ3n) is 4.63. The van der Waals surface area contributed by atoms with Gasteiger partial charge in [0, 0.05) is 12.6 Å². The number of ketones is 1. The standard InChI is InChI=1S/C20H28N4O2/c1-13(2)17(23(5)6)12-21-20(26)19(25)18-14(3)22-24(15(18)4)16-10-8-7-9-11-16/h7-11,13,17H,12H2,1-6H3,(H,21,26)/t17-/m1/s1. The number of hydrogen-bond acceptors (Lipinski definition) is 4. The van der Waals surface area contributed by atoms with Crippen molar-refractivity contribution in [3.8, 4) is 5.69 Å². The summed E-state index contributed by atoms with van der Waals surface area (Å²) in [5.41, 5.74) is 2.46. The third kappa shape index (κ3) is 4.19. The number of benzene rings is 1. The van der Waals surface area contributed by atoms with Crippen LogP contribution in [-0.2, 0) is 4.79 Å². The number of aromatic nitrogens is 2. The molecule has 0 fully saturated rings. The van der Waals surface area contributed by atoms with E-state index in [1.54, 1.807) is 11.6 Å². The van der Waals surface area contributed by atoms with Crippen LogP contribution < -0.4 is 5.32 Å². The number of para-hydroxylation sites is 1. The van der Waals surface area contributed by atoms with Crippen molar-refractivity contribution in [1.29, 1.82) is 0 Å². The summed E-state index contributed by atoms with van der Waals surface area (Å²) in [7, 11) is 3.94. The summed E-state index contributed by atoms with van der Waals surface area (Å²) in [6.45, 7) is 8.18. The van der Waals surface area contributed by atoms with Gasteiger partial charge >= 0.3 is 0 Å². The first-order valence-electron chi connectivity index (χ1n) is 8.84. The van der Waals surface area contributed by atoms with Gasteiger partial charge in [0.15, 0.2) is 0 Å². The first-order chi connectivity index (χ1) is 12.2. The Labute approximate surface area is 155 Å². The lowest BCUT2D eigenvalue weighted by Crippen LogP contribution is -2.45. The van der Waals surface area contributed by atoms with Crippen molar-refractivity contribution in [2.75, 3.05) is 20.6 Å². The second-order valence-corrected chi connectivity index (χ2v) is 7.11. The monoisotopic (exact) mass is 356 g/mol. The number of Topliss-reactive ketones (excluding diaryl/α,β-unsaturated/α-hetero) is 1. The summed E-state index contributed by atoms with van der Waals surface area (Å²) in [6.07, 6.45) is 0. The molecule has 1 aromatic carbocycles. The molecule has 1 aromatic heterocycles. The highest BCUT2D eigenvalue weighted by Gasteiger charge is 2.26. The van der Waals surface area contributed by atoms with Gasteiger partial charge in [-0.3, -0.25) is 9.59 Å². The van der Waals surface area contributed by atoms with Crippen LogP contribution in [-0.4, -0.2) is 53.1 Å². The number of nitrogens with zero attached hydrogens (tertiary/aromatic N) is 3. The molecule has 1 atom stereocenters. The summed E-state index contributed by atoms with van der Waals surface area (Å²) >= 11 is 0. The minimum atomic E-state index is -0.587. The van der Waals surface area contributed by atoms with E-state index in [0.29, 0.717) is 29.4 Å². The highest BCUT2D eigenvalue weighted by atomic mass is 16.2. The molecule has 1 heterocycles. The van der Waals surface area contributed by atoms with Gasteiger partial charge < -0.3 is 10.2 Å². The molecule has 6 nitrogen and oxygen atoms in total. The predicted molar refractivity (Wildman–Crippen MR) is 103 cm³/mol. The van der Waals surface area contributed by atoms with Crippen molar-refractivity contribution in [3.63, 3.8) is 0 Å².